The zero-order valence-electron chi connectivity index (χ0n) is 8.59. The number of rotatable bonds is 2. The lowest BCUT2D eigenvalue weighted by Gasteiger charge is -2.29. The second kappa shape index (κ2) is 4.27. The lowest BCUT2D eigenvalue weighted by Crippen LogP contribution is -2.26. The van der Waals surface area contributed by atoms with Gasteiger partial charge in [0, 0.05) is 0 Å². The predicted molar refractivity (Wildman–Crippen MR) is 56.3 cm³/mol. The van der Waals surface area contributed by atoms with Crippen LogP contribution in [-0.2, 0) is 14.3 Å². The van der Waals surface area contributed by atoms with Gasteiger partial charge in [-0.25, -0.2) is 0 Å². The van der Waals surface area contributed by atoms with Gasteiger partial charge in [-0.05, 0) is 48.9 Å². The van der Waals surface area contributed by atoms with Gasteiger partial charge in [0.25, 0.3) is 5.24 Å². The number of hydrogen-bond donors (Lipinski definition) is 0. The first-order valence-electron chi connectivity index (χ1n) is 5.05. The van der Waals surface area contributed by atoms with Crippen LogP contribution in [0.5, 0.6) is 0 Å². The monoisotopic (exact) mass is 228 g/mol. The van der Waals surface area contributed by atoms with Gasteiger partial charge >= 0.3 is 0 Å². The number of ether oxygens (including phenoxy) is 2. The number of carbonyl (C=O) groups is 1. The van der Waals surface area contributed by atoms with E-state index in [1.165, 1.54) is 5.57 Å². The Morgan fingerprint density at radius 1 is 1.60 bits per heavy atom. The van der Waals surface area contributed by atoms with Gasteiger partial charge in [-0.2, -0.15) is 0 Å². The second-order valence-electron chi connectivity index (χ2n) is 3.69. The van der Waals surface area contributed by atoms with E-state index in [1.807, 2.05) is 6.08 Å². The minimum Gasteiger partial charge on any atom is -0.493 e. The van der Waals surface area contributed by atoms with Gasteiger partial charge in [0.05, 0.1) is 7.11 Å². The summed E-state index contributed by atoms with van der Waals surface area (Å²) in [6.45, 7) is 0. The van der Waals surface area contributed by atoms with Crippen molar-refractivity contribution in [3.63, 3.8) is 0 Å². The van der Waals surface area contributed by atoms with Crippen molar-refractivity contribution in [3.8, 4) is 0 Å². The lowest BCUT2D eigenvalue weighted by molar-refractivity contribution is -0.121. The van der Waals surface area contributed by atoms with Crippen molar-refractivity contribution in [2.45, 2.75) is 31.8 Å². The van der Waals surface area contributed by atoms with Crippen molar-refractivity contribution < 1.29 is 14.3 Å². The van der Waals surface area contributed by atoms with Crippen LogP contribution >= 0.6 is 11.6 Å². The Morgan fingerprint density at radius 3 is 3.07 bits per heavy atom. The summed E-state index contributed by atoms with van der Waals surface area (Å²) in [6, 6.07) is 0. The molecule has 4 heteroatoms. The fraction of sp³-hybridized carbons (Fsp3) is 0.545. The number of halogens is 1. The summed E-state index contributed by atoms with van der Waals surface area (Å²) in [4.78, 5) is 11.0. The molecule has 0 radical (unpaired) electrons. The number of hydrogen-bond acceptors (Lipinski definition) is 3. The molecule has 0 fully saturated rings. The van der Waals surface area contributed by atoms with Crippen LogP contribution < -0.4 is 0 Å². The van der Waals surface area contributed by atoms with Crippen LogP contribution in [0.15, 0.2) is 23.2 Å². The Labute approximate surface area is 93.7 Å². The summed E-state index contributed by atoms with van der Waals surface area (Å²) < 4.78 is 10.8. The SMILES string of the molecule is COC1=CCCC2=C1OC(C(=O)Cl)CC2. The Balaban J connectivity index is 2.21. The molecule has 0 N–H and O–H groups in total. The highest BCUT2D eigenvalue weighted by atomic mass is 35.5. The largest absolute Gasteiger partial charge is 0.493 e. The number of allylic oxidation sites excluding steroid dienone is 2. The molecule has 3 nitrogen and oxygen atoms in total. The molecular formula is C11H13ClO3. The van der Waals surface area contributed by atoms with E-state index in [0.29, 0.717) is 6.42 Å². The first-order chi connectivity index (χ1) is 7.22. The van der Waals surface area contributed by atoms with E-state index in [-0.39, 0.29) is 0 Å². The molecule has 15 heavy (non-hydrogen) atoms. The minimum absolute atomic E-state index is 0.428. The molecule has 1 aliphatic heterocycles. The van der Waals surface area contributed by atoms with Gasteiger partial charge in [0.1, 0.15) is 0 Å². The van der Waals surface area contributed by atoms with E-state index in [9.17, 15) is 4.79 Å². The Bertz CT molecular complexity index is 344. The summed E-state index contributed by atoms with van der Waals surface area (Å²) in [6.07, 6.45) is 5.00. The third-order valence-electron chi connectivity index (χ3n) is 2.76. The van der Waals surface area contributed by atoms with Gasteiger partial charge in [0.15, 0.2) is 17.6 Å². The maximum atomic E-state index is 11.0. The zero-order valence-corrected chi connectivity index (χ0v) is 9.34. The van der Waals surface area contributed by atoms with Gasteiger partial charge in [0.2, 0.25) is 0 Å². The first-order valence-corrected chi connectivity index (χ1v) is 5.42. The van der Waals surface area contributed by atoms with Gasteiger partial charge in [-0.3, -0.25) is 4.79 Å². The molecule has 1 unspecified atom stereocenters. The van der Waals surface area contributed by atoms with Crippen molar-refractivity contribution >= 4 is 16.8 Å². The average Bonchev–Trinajstić information content (AvgIpc) is 2.27. The fourth-order valence-electron chi connectivity index (χ4n) is 1.98. The molecule has 0 saturated carbocycles. The normalized spacial score (nSPS) is 25.2. The molecular weight excluding hydrogens is 216 g/mol. The van der Waals surface area contributed by atoms with E-state index in [1.54, 1.807) is 7.11 Å². The smallest absolute Gasteiger partial charge is 0.262 e. The Kier molecular flexibility index (Phi) is 3.00. The molecule has 2 aliphatic rings. The summed E-state index contributed by atoms with van der Waals surface area (Å²) >= 11 is 5.43. The zero-order chi connectivity index (χ0) is 10.8. The molecule has 1 aliphatic carbocycles. The Morgan fingerprint density at radius 2 is 2.40 bits per heavy atom. The standard InChI is InChI=1S/C11H13ClO3/c1-14-8-4-2-3-7-5-6-9(11(12)13)15-10(7)8/h4,9H,2-3,5-6H2,1H3. The quantitative estimate of drug-likeness (QED) is 0.682. The number of methoxy groups -OCH3 is 1. The van der Waals surface area contributed by atoms with Crippen LogP contribution in [0.2, 0.25) is 0 Å². The predicted octanol–water partition coefficient (Wildman–Crippen LogP) is 2.51. The van der Waals surface area contributed by atoms with Crippen LogP contribution in [0.3, 0.4) is 0 Å². The highest BCUT2D eigenvalue weighted by Crippen LogP contribution is 2.35. The molecule has 0 bridgehead atoms. The highest BCUT2D eigenvalue weighted by Gasteiger charge is 2.30. The molecule has 0 spiro atoms. The molecule has 0 saturated heterocycles. The molecule has 0 aromatic heterocycles. The maximum absolute atomic E-state index is 11.0. The van der Waals surface area contributed by atoms with Gasteiger partial charge < -0.3 is 9.47 Å². The van der Waals surface area contributed by atoms with Crippen LogP contribution in [-0.4, -0.2) is 18.5 Å². The molecule has 82 valence electrons. The average molecular weight is 229 g/mol. The summed E-state index contributed by atoms with van der Waals surface area (Å²) in [7, 11) is 1.61. The molecule has 0 amide bonds. The van der Waals surface area contributed by atoms with Crippen LogP contribution in [0.4, 0.5) is 0 Å². The van der Waals surface area contributed by atoms with Gasteiger partial charge in [-0.15, -0.1) is 0 Å². The van der Waals surface area contributed by atoms with E-state index in [4.69, 9.17) is 21.1 Å². The highest BCUT2D eigenvalue weighted by molar-refractivity contribution is 6.64. The third-order valence-corrected chi connectivity index (χ3v) is 3.01. The van der Waals surface area contributed by atoms with Crippen LogP contribution in [0, 0.1) is 0 Å². The van der Waals surface area contributed by atoms with Crippen molar-refractivity contribution in [1.29, 1.82) is 0 Å². The van der Waals surface area contributed by atoms with Gasteiger partial charge in [-0.1, -0.05) is 0 Å². The first kappa shape index (κ1) is 10.6. The molecule has 0 aromatic carbocycles. The van der Waals surface area contributed by atoms with E-state index in [0.717, 1.165) is 30.8 Å². The van der Waals surface area contributed by atoms with Crippen molar-refractivity contribution in [2.75, 3.05) is 7.11 Å². The second-order valence-corrected chi connectivity index (χ2v) is 4.07. The van der Waals surface area contributed by atoms with Crippen molar-refractivity contribution in [2.24, 2.45) is 0 Å². The molecule has 1 atom stereocenters. The van der Waals surface area contributed by atoms with E-state index in [2.05, 4.69) is 0 Å². The Hall–Kier alpha value is -0.960. The van der Waals surface area contributed by atoms with E-state index < -0.39 is 11.3 Å². The number of carbonyl (C=O) groups excluding carboxylic acids is 1. The van der Waals surface area contributed by atoms with Crippen molar-refractivity contribution in [1.82, 2.24) is 0 Å². The summed E-state index contributed by atoms with van der Waals surface area (Å²) in [5.74, 6) is 1.47. The molecule has 2 rings (SSSR count). The van der Waals surface area contributed by atoms with Crippen LogP contribution in [0.1, 0.15) is 25.7 Å². The maximum Gasteiger partial charge on any atom is 0.262 e. The lowest BCUT2D eigenvalue weighted by atomic mass is 9.94. The molecule has 0 aromatic rings. The van der Waals surface area contributed by atoms with Crippen molar-refractivity contribution in [3.05, 3.63) is 23.2 Å². The van der Waals surface area contributed by atoms with E-state index >= 15 is 0 Å². The third kappa shape index (κ3) is 2.02. The minimum atomic E-state index is -0.512. The summed E-state index contributed by atoms with van der Waals surface area (Å²) in [5, 5.41) is -0.428. The van der Waals surface area contributed by atoms with Crippen LogP contribution in [0.25, 0.3) is 0 Å². The summed E-state index contributed by atoms with van der Waals surface area (Å²) in [5.41, 5.74) is 1.24. The molecule has 1 heterocycles. The topological polar surface area (TPSA) is 35.5 Å². The fourth-order valence-corrected chi connectivity index (χ4v) is 2.13.